The molecule has 10 nitrogen and oxygen atoms in total. The van der Waals surface area contributed by atoms with E-state index in [1.807, 2.05) is 27.7 Å². The van der Waals surface area contributed by atoms with E-state index in [-0.39, 0.29) is 19.5 Å². The molecule has 1 aliphatic rings. The van der Waals surface area contributed by atoms with Crippen LogP contribution in [-0.4, -0.2) is 53.6 Å². The number of carbonyl (C=O) groups excluding carboxylic acids is 2. The van der Waals surface area contributed by atoms with Crippen LogP contribution >= 0.6 is 0 Å². The Morgan fingerprint density at radius 2 is 1.88 bits per heavy atom. The Bertz CT molecular complexity index is 1050. The van der Waals surface area contributed by atoms with Crippen LogP contribution in [0, 0.1) is 16.0 Å². The van der Waals surface area contributed by atoms with Gasteiger partial charge < -0.3 is 10.6 Å². The van der Waals surface area contributed by atoms with Crippen molar-refractivity contribution in [2.75, 3.05) is 13.1 Å². The van der Waals surface area contributed by atoms with Crippen LogP contribution in [0.3, 0.4) is 0 Å². The van der Waals surface area contributed by atoms with Crippen molar-refractivity contribution in [1.82, 2.24) is 14.9 Å². The summed E-state index contributed by atoms with van der Waals surface area (Å²) in [4.78, 5) is 35.8. The molecule has 2 rings (SSSR count). The van der Waals surface area contributed by atoms with Crippen LogP contribution in [0.4, 0.5) is 5.69 Å². The van der Waals surface area contributed by atoms with Gasteiger partial charge in [0, 0.05) is 37.5 Å². The molecule has 2 atom stereocenters. The predicted octanol–water partition coefficient (Wildman–Crippen LogP) is 2.36. The molecule has 1 unspecified atom stereocenters. The number of nitrogens with one attached hydrogen (secondary N) is 2. The number of nitro benzene ring substituents is 1. The first kappa shape index (κ1) is 26.5. The van der Waals surface area contributed by atoms with Gasteiger partial charge in [0.2, 0.25) is 15.9 Å². The summed E-state index contributed by atoms with van der Waals surface area (Å²) in [5.41, 5.74) is -2.57. The molecular weight excluding hydrogens is 448 g/mol. The molecule has 0 saturated carbocycles. The van der Waals surface area contributed by atoms with Crippen molar-refractivity contribution in [3.63, 3.8) is 0 Å². The van der Waals surface area contributed by atoms with Crippen molar-refractivity contribution in [1.29, 1.82) is 0 Å². The van der Waals surface area contributed by atoms with E-state index < -0.39 is 54.3 Å². The summed E-state index contributed by atoms with van der Waals surface area (Å²) < 4.78 is 27.7. The number of amides is 2. The van der Waals surface area contributed by atoms with Crippen LogP contribution < -0.4 is 10.6 Å². The van der Waals surface area contributed by atoms with Gasteiger partial charge in [-0.1, -0.05) is 31.2 Å². The lowest BCUT2D eigenvalue weighted by atomic mass is 9.80. The van der Waals surface area contributed by atoms with Gasteiger partial charge >= 0.3 is 0 Å². The van der Waals surface area contributed by atoms with Gasteiger partial charge in [0.15, 0.2) is 4.90 Å². The first-order chi connectivity index (χ1) is 15.2. The van der Waals surface area contributed by atoms with E-state index in [1.54, 1.807) is 12.2 Å². The first-order valence-electron chi connectivity index (χ1n) is 10.8. The van der Waals surface area contributed by atoms with Crippen molar-refractivity contribution >= 4 is 27.5 Å². The summed E-state index contributed by atoms with van der Waals surface area (Å²) in [6, 6.07) is 5.17. The molecule has 182 valence electrons. The molecule has 0 aromatic heterocycles. The number of benzene rings is 1. The maximum Gasteiger partial charge on any atom is 0.289 e. The van der Waals surface area contributed by atoms with Gasteiger partial charge in [-0.25, -0.2) is 8.42 Å². The summed E-state index contributed by atoms with van der Waals surface area (Å²) >= 11 is 0. The molecular formula is C22H32N4O6S. The van der Waals surface area contributed by atoms with Crippen LogP contribution in [0.1, 0.15) is 47.5 Å². The van der Waals surface area contributed by atoms with E-state index in [2.05, 4.69) is 10.6 Å². The van der Waals surface area contributed by atoms with Crippen molar-refractivity contribution < 1.29 is 22.9 Å². The second kappa shape index (κ2) is 10.0. The predicted molar refractivity (Wildman–Crippen MR) is 124 cm³/mol. The number of carbonyl (C=O) groups is 2. The minimum Gasteiger partial charge on any atom is -0.349 e. The summed E-state index contributed by atoms with van der Waals surface area (Å²) in [7, 11) is -4.19. The highest BCUT2D eigenvalue weighted by atomic mass is 32.2. The number of nitrogens with zero attached hydrogens (tertiary/aromatic N) is 2. The average Bonchev–Trinajstić information content (AvgIpc) is 3.21. The van der Waals surface area contributed by atoms with Gasteiger partial charge in [0.1, 0.15) is 5.54 Å². The summed E-state index contributed by atoms with van der Waals surface area (Å²) in [6.45, 7) is 8.60. The summed E-state index contributed by atoms with van der Waals surface area (Å²) in [5.74, 6) is -1.45. The zero-order chi connectivity index (χ0) is 25.0. The summed E-state index contributed by atoms with van der Waals surface area (Å²) in [5, 5.41) is 17.0. The van der Waals surface area contributed by atoms with Gasteiger partial charge in [-0.3, -0.25) is 19.7 Å². The van der Waals surface area contributed by atoms with E-state index in [0.29, 0.717) is 6.42 Å². The fourth-order valence-corrected chi connectivity index (χ4v) is 5.58. The van der Waals surface area contributed by atoms with Gasteiger partial charge in [0.05, 0.1) is 4.92 Å². The maximum atomic E-state index is 13.4. The molecule has 0 spiro atoms. The Morgan fingerprint density at radius 1 is 1.24 bits per heavy atom. The second-order valence-electron chi connectivity index (χ2n) is 9.14. The Hall–Kier alpha value is -2.79. The number of hydrogen-bond acceptors (Lipinski definition) is 6. The minimum atomic E-state index is -4.19. The number of sulfonamides is 1. The fraction of sp³-hybridized carbons (Fsp3) is 0.545. The molecule has 1 aromatic rings. The monoisotopic (exact) mass is 480 g/mol. The van der Waals surface area contributed by atoms with Crippen LogP contribution in [0.5, 0.6) is 0 Å². The standard InChI is InChI=1S/C22H32N4O6S/c1-6-7-13-22(23-16(2)27,20(28)24-21(3,4)5)17-12-14-25(15-17)33(31,32)19-11-9-8-10-18(19)26(29)30/h7-11,13,17H,6,12,14-15H2,1-5H3,(H,23,27)(H,24,28)/t17-,22?/m1/s1. The lowest BCUT2D eigenvalue weighted by Crippen LogP contribution is -2.64. The lowest BCUT2D eigenvalue weighted by Gasteiger charge is -2.38. The van der Waals surface area contributed by atoms with Gasteiger partial charge in [-0.2, -0.15) is 4.31 Å². The van der Waals surface area contributed by atoms with E-state index >= 15 is 0 Å². The molecule has 0 radical (unpaired) electrons. The molecule has 0 aliphatic carbocycles. The number of allylic oxidation sites excluding steroid dienone is 1. The van der Waals surface area contributed by atoms with Gasteiger partial charge in [-0.05, 0) is 39.7 Å². The van der Waals surface area contributed by atoms with Crippen LogP contribution in [0.25, 0.3) is 0 Å². The SMILES string of the molecule is CCC=CC(NC(C)=O)(C(=O)NC(C)(C)C)[C@@H]1CCN(S(=O)(=O)c2ccccc2[N+](=O)[O-])C1. The lowest BCUT2D eigenvalue weighted by molar-refractivity contribution is -0.387. The molecule has 11 heteroatoms. The highest BCUT2D eigenvalue weighted by molar-refractivity contribution is 7.89. The smallest absolute Gasteiger partial charge is 0.289 e. The van der Waals surface area contributed by atoms with Crippen molar-refractivity contribution in [3.8, 4) is 0 Å². The van der Waals surface area contributed by atoms with Crippen LogP contribution in [0.15, 0.2) is 41.3 Å². The Kier molecular flexibility index (Phi) is 8.02. The molecule has 1 aromatic carbocycles. The quantitative estimate of drug-likeness (QED) is 0.333. The molecule has 33 heavy (non-hydrogen) atoms. The third kappa shape index (κ3) is 5.97. The average molecular weight is 481 g/mol. The molecule has 1 heterocycles. The number of para-hydroxylation sites is 1. The van der Waals surface area contributed by atoms with Crippen molar-refractivity contribution in [2.45, 2.75) is 63.4 Å². The van der Waals surface area contributed by atoms with E-state index in [4.69, 9.17) is 0 Å². The third-order valence-electron chi connectivity index (χ3n) is 5.34. The number of hydrogen-bond donors (Lipinski definition) is 2. The Balaban J connectivity index is 2.50. The zero-order valence-corrected chi connectivity index (χ0v) is 20.4. The molecule has 2 N–H and O–H groups in total. The molecule has 1 fully saturated rings. The largest absolute Gasteiger partial charge is 0.349 e. The van der Waals surface area contributed by atoms with Crippen molar-refractivity contribution in [2.24, 2.45) is 5.92 Å². The molecule has 2 amide bonds. The maximum absolute atomic E-state index is 13.4. The topological polar surface area (TPSA) is 139 Å². The Labute approximate surface area is 194 Å². The van der Waals surface area contributed by atoms with Gasteiger partial charge in [-0.15, -0.1) is 0 Å². The molecule has 1 aliphatic heterocycles. The van der Waals surface area contributed by atoms with Crippen molar-refractivity contribution in [3.05, 3.63) is 46.5 Å². The first-order valence-corrected chi connectivity index (χ1v) is 12.2. The molecule has 1 saturated heterocycles. The number of rotatable bonds is 8. The van der Waals surface area contributed by atoms with E-state index in [0.717, 1.165) is 10.4 Å². The summed E-state index contributed by atoms with van der Waals surface area (Å²) in [6.07, 6.45) is 4.28. The normalized spacial score (nSPS) is 19.2. The highest BCUT2D eigenvalue weighted by Gasteiger charge is 2.50. The van der Waals surface area contributed by atoms with E-state index in [1.165, 1.54) is 25.1 Å². The number of nitro groups is 1. The third-order valence-corrected chi connectivity index (χ3v) is 7.25. The Morgan fingerprint density at radius 3 is 2.42 bits per heavy atom. The van der Waals surface area contributed by atoms with E-state index in [9.17, 15) is 28.1 Å². The zero-order valence-electron chi connectivity index (χ0n) is 19.6. The minimum absolute atomic E-state index is 0.0587. The highest BCUT2D eigenvalue weighted by Crippen LogP contribution is 2.35. The molecule has 0 bridgehead atoms. The van der Waals surface area contributed by atoms with Crippen LogP contribution in [0.2, 0.25) is 0 Å². The van der Waals surface area contributed by atoms with Crippen LogP contribution in [-0.2, 0) is 19.6 Å². The van der Waals surface area contributed by atoms with Gasteiger partial charge in [0.25, 0.3) is 11.6 Å². The fourth-order valence-electron chi connectivity index (χ4n) is 3.92. The second-order valence-corrected chi connectivity index (χ2v) is 11.0.